The van der Waals surface area contributed by atoms with E-state index < -0.39 is 5.41 Å². The van der Waals surface area contributed by atoms with Crippen LogP contribution in [0.1, 0.15) is 23.6 Å². The van der Waals surface area contributed by atoms with Gasteiger partial charge in [-0.3, -0.25) is 0 Å². The van der Waals surface area contributed by atoms with Gasteiger partial charge in [-0.25, -0.2) is 0 Å². The van der Waals surface area contributed by atoms with E-state index in [1.807, 2.05) is 0 Å². The SMILES string of the molecule is CC1(c2ccccc2)c2cc(N(c3ccc(-c4ccccc4)cc3)c3cc4ccccc4c4ccccc34)ccc2-c2c1ccc1c2Oc2ccccc2S1. The Bertz CT molecular complexity index is 2940. The number of nitrogens with zero attached hydrogens (tertiary/aromatic N) is 1. The molecule has 0 radical (unpaired) electrons. The quantitative estimate of drug-likeness (QED) is 0.164. The van der Waals surface area contributed by atoms with E-state index in [0.717, 1.165) is 38.4 Å². The van der Waals surface area contributed by atoms with Gasteiger partial charge in [-0.05, 0) is 105 Å². The summed E-state index contributed by atoms with van der Waals surface area (Å²) in [6.45, 7) is 2.39. The molecule has 1 aliphatic heterocycles. The fraction of sp³-hybridized carbons (Fsp3) is 0.0385. The van der Waals surface area contributed by atoms with Crippen LogP contribution in [0.5, 0.6) is 11.5 Å². The highest BCUT2D eigenvalue weighted by Gasteiger charge is 2.44. The first kappa shape index (κ1) is 31.9. The van der Waals surface area contributed by atoms with Crippen LogP contribution in [0.3, 0.4) is 0 Å². The Morgan fingerprint density at radius 1 is 0.491 bits per heavy atom. The number of hydrogen-bond acceptors (Lipinski definition) is 3. The van der Waals surface area contributed by atoms with Crippen LogP contribution in [-0.2, 0) is 5.41 Å². The van der Waals surface area contributed by atoms with Gasteiger partial charge in [-0.2, -0.15) is 0 Å². The standard InChI is InChI=1S/C52H35NOS/c1-52(37-17-6-3-7-18-37)44-30-31-49-51(54-47-22-12-13-23-48(47)55-49)50(44)43-29-28-39(33-45(43)52)53(38-26-24-35(25-27-38)34-14-4-2-5-15-34)46-32-36-16-8-9-19-40(36)41-20-10-11-21-42(41)46/h2-33H,1H3. The molecule has 11 rings (SSSR count). The summed E-state index contributed by atoms with van der Waals surface area (Å²) in [4.78, 5) is 4.74. The second-order valence-corrected chi connectivity index (χ2v) is 15.7. The second-order valence-electron chi connectivity index (χ2n) is 14.6. The normalized spacial score (nSPS) is 15.1. The molecule has 0 saturated heterocycles. The van der Waals surface area contributed by atoms with Crippen molar-refractivity contribution in [1.29, 1.82) is 0 Å². The Hall–Kier alpha value is -6.55. The maximum Gasteiger partial charge on any atom is 0.149 e. The van der Waals surface area contributed by atoms with E-state index in [1.54, 1.807) is 11.8 Å². The van der Waals surface area contributed by atoms with Gasteiger partial charge in [0.05, 0.1) is 15.5 Å². The fourth-order valence-corrected chi connectivity index (χ4v) is 9.85. The van der Waals surface area contributed by atoms with Crippen LogP contribution >= 0.6 is 11.8 Å². The predicted octanol–water partition coefficient (Wildman–Crippen LogP) is 14.7. The van der Waals surface area contributed by atoms with Crippen LogP contribution in [0.15, 0.2) is 204 Å². The summed E-state index contributed by atoms with van der Waals surface area (Å²) in [6, 6.07) is 70.5. The molecule has 1 aliphatic carbocycles. The van der Waals surface area contributed by atoms with Gasteiger partial charge >= 0.3 is 0 Å². The molecule has 0 spiro atoms. The molecule has 2 aliphatic rings. The average molecular weight is 722 g/mol. The van der Waals surface area contributed by atoms with Gasteiger partial charge in [0.2, 0.25) is 0 Å². The predicted molar refractivity (Wildman–Crippen MR) is 230 cm³/mol. The Morgan fingerprint density at radius 3 is 1.96 bits per heavy atom. The summed E-state index contributed by atoms with van der Waals surface area (Å²) in [6.07, 6.45) is 0. The average Bonchev–Trinajstić information content (AvgIpc) is 3.52. The number of anilines is 3. The number of fused-ring (bicyclic) bond motifs is 9. The first-order valence-electron chi connectivity index (χ1n) is 18.8. The van der Waals surface area contributed by atoms with Crippen LogP contribution in [0.4, 0.5) is 17.1 Å². The summed E-state index contributed by atoms with van der Waals surface area (Å²) < 4.78 is 6.83. The first-order valence-corrected chi connectivity index (χ1v) is 19.7. The summed E-state index contributed by atoms with van der Waals surface area (Å²) in [5.41, 5.74) is 11.5. The van der Waals surface area contributed by atoms with E-state index in [1.165, 1.54) is 60.5 Å². The lowest BCUT2D eigenvalue weighted by molar-refractivity contribution is 0.455. The van der Waals surface area contributed by atoms with Crippen molar-refractivity contribution in [3.05, 3.63) is 211 Å². The highest BCUT2D eigenvalue weighted by Crippen LogP contribution is 2.61. The molecule has 9 aromatic carbocycles. The molecule has 0 fully saturated rings. The number of ether oxygens (including phenoxy) is 1. The minimum absolute atomic E-state index is 0.420. The van der Waals surface area contributed by atoms with Crippen molar-refractivity contribution in [3.8, 4) is 33.8 Å². The molecule has 1 heterocycles. The third-order valence-electron chi connectivity index (χ3n) is 11.6. The van der Waals surface area contributed by atoms with Crippen molar-refractivity contribution in [3.63, 3.8) is 0 Å². The summed E-state index contributed by atoms with van der Waals surface area (Å²) in [7, 11) is 0. The zero-order chi connectivity index (χ0) is 36.5. The molecule has 0 amide bonds. The molecule has 0 bridgehead atoms. The Kier molecular flexibility index (Phi) is 7.26. The Morgan fingerprint density at radius 2 is 1.15 bits per heavy atom. The molecule has 0 N–H and O–H groups in total. The van der Waals surface area contributed by atoms with Crippen LogP contribution in [0.25, 0.3) is 43.8 Å². The number of benzene rings is 9. The van der Waals surface area contributed by atoms with Gasteiger partial charge in [0.15, 0.2) is 0 Å². The third-order valence-corrected chi connectivity index (χ3v) is 12.7. The molecular formula is C52H35NOS. The number of para-hydroxylation sites is 1. The van der Waals surface area contributed by atoms with Crippen LogP contribution < -0.4 is 9.64 Å². The summed E-state index contributed by atoms with van der Waals surface area (Å²) >= 11 is 1.79. The van der Waals surface area contributed by atoms with E-state index in [0.29, 0.717) is 0 Å². The van der Waals surface area contributed by atoms with Crippen LogP contribution in [0.2, 0.25) is 0 Å². The lowest BCUT2D eigenvalue weighted by Gasteiger charge is -2.31. The molecule has 0 saturated carbocycles. The zero-order valence-corrected chi connectivity index (χ0v) is 31.1. The van der Waals surface area contributed by atoms with Crippen LogP contribution in [0, 0.1) is 0 Å². The lowest BCUT2D eigenvalue weighted by Crippen LogP contribution is -2.23. The Balaban J connectivity index is 1.16. The third kappa shape index (κ3) is 4.97. The van der Waals surface area contributed by atoms with E-state index in [9.17, 15) is 0 Å². The maximum atomic E-state index is 6.83. The topological polar surface area (TPSA) is 12.5 Å². The van der Waals surface area contributed by atoms with Crippen molar-refractivity contribution in [1.82, 2.24) is 0 Å². The summed E-state index contributed by atoms with van der Waals surface area (Å²) in [5.74, 6) is 1.86. The monoisotopic (exact) mass is 721 g/mol. The smallest absolute Gasteiger partial charge is 0.149 e. The first-order chi connectivity index (χ1) is 27.1. The van der Waals surface area contributed by atoms with Gasteiger partial charge in [0.25, 0.3) is 0 Å². The Labute approximate surface area is 325 Å². The fourth-order valence-electron chi connectivity index (χ4n) is 8.89. The minimum Gasteiger partial charge on any atom is -0.454 e. The second kappa shape index (κ2) is 12.5. The molecule has 260 valence electrons. The molecular weight excluding hydrogens is 687 g/mol. The lowest BCUT2D eigenvalue weighted by atomic mass is 9.74. The van der Waals surface area contributed by atoms with Crippen molar-refractivity contribution in [2.75, 3.05) is 4.90 Å². The van der Waals surface area contributed by atoms with Gasteiger partial charge < -0.3 is 9.64 Å². The molecule has 9 aromatic rings. The zero-order valence-electron chi connectivity index (χ0n) is 30.2. The molecule has 2 nitrogen and oxygen atoms in total. The largest absolute Gasteiger partial charge is 0.454 e. The van der Waals surface area contributed by atoms with Gasteiger partial charge in [-0.1, -0.05) is 157 Å². The number of hydrogen-bond donors (Lipinski definition) is 0. The van der Waals surface area contributed by atoms with E-state index in [4.69, 9.17) is 4.74 Å². The van der Waals surface area contributed by atoms with Crippen LogP contribution in [-0.4, -0.2) is 0 Å². The maximum absolute atomic E-state index is 6.83. The molecule has 1 atom stereocenters. The van der Waals surface area contributed by atoms with Crippen molar-refractivity contribution < 1.29 is 4.74 Å². The minimum atomic E-state index is -0.420. The van der Waals surface area contributed by atoms with Gasteiger partial charge in [0.1, 0.15) is 11.5 Å². The van der Waals surface area contributed by atoms with Crippen molar-refractivity contribution in [2.45, 2.75) is 22.1 Å². The van der Waals surface area contributed by atoms with E-state index >= 15 is 0 Å². The van der Waals surface area contributed by atoms with Crippen molar-refractivity contribution in [2.24, 2.45) is 0 Å². The van der Waals surface area contributed by atoms with E-state index in [2.05, 4.69) is 206 Å². The van der Waals surface area contributed by atoms with E-state index in [-0.39, 0.29) is 0 Å². The molecule has 55 heavy (non-hydrogen) atoms. The number of rotatable bonds is 5. The highest BCUT2D eigenvalue weighted by molar-refractivity contribution is 7.99. The molecule has 1 unspecified atom stereocenters. The summed E-state index contributed by atoms with van der Waals surface area (Å²) in [5, 5.41) is 4.92. The molecule has 3 heteroatoms. The molecule has 0 aromatic heterocycles. The van der Waals surface area contributed by atoms with Gasteiger partial charge in [0, 0.05) is 27.7 Å². The van der Waals surface area contributed by atoms with Crippen molar-refractivity contribution >= 4 is 50.4 Å². The highest BCUT2D eigenvalue weighted by atomic mass is 32.2. The van der Waals surface area contributed by atoms with Gasteiger partial charge in [-0.15, -0.1) is 0 Å².